The van der Waals surface area contributed by atoms with Crippen molar-refractivity contribution in [1.29, 1.82) is 0 Å². The predicted octanol–water partition coefficient (Wildman–Crippen LogP) is 3.23. The standard InChI is InChI=1S/C21H30ClN7O.HI/c1-23-21(24-13-20-27-26-19-6-4-3-5-10-29(19)20)25-16-9-11-28(14-16)17-12-15(22)7-8-18(17)30-2;/h7-8,12,16H,3-6,9-11,13-14H2,1-2H3,(H2,23,24,25);1H. The number of nitrogens with zero attached hydrogens (tertiary/aromatic N) is 5. The molecule has 2 aromatic rings. The van der Waals surface area contributed by atoms with Crippen molar-refractivity contribution < 1.29 is 4.74 Å². The molecule has 1 fully saturated rings. The van der Waals surface area contributed by atoms with E-state index in [2.05, 4.69) is 35.3 Å². The molecule has 170 valence electrons. The summed E-state index contributed by atoms with van der Waals surface area (Å²) in [6.07, 6.45) is 5.68. The quantitative estimate of drug-likeness (QED) is 0.333. The van der Waals surface area contributed by atoms with Gasteiger partial charge in [-0.25, -0.2) is 0 Å². The van der Waals surface area contributed by atoms with Gasteiger partial charge < -0.3 is 24.8 Å². The van der Waals surface area contributed by atoms with Crippen LogP contribution in [0.4, 0.5) is 5.69 Å². The molecule has 1 atom stereocenters. The molecule has 0 spiro atoms. The van der Waals surface area contributed by atoms with Crippen LogP contribution in [0.15, 0.2) is 23.2 Å². The largest absolute Gasteiger partial charge is 0.495 e. The summed E-state index contributed by atoms with van der Waals surface area (Å²) < 4.78 is 7.77. The van der Waals surface area contributed by atoms with Gasteiger partial charge >= 0.3 is 0 Å². The van der Waals surface area contributed by atoms with Crippen molar-refractivity contribution in [1.82, 2.24) is 25.4 Å². The number of hydrogen-bond donors (Lipinski definition) is 2. The summed E-state index contributed by atoms with van der Waals surface area (Å²) in [7, 11) is 3.49. The maximum atomic E-state index is 6.21. The second kappa shape index (κ2) is 11.2. The Morgan fingerprint density at radius 3 is 2.94 bits per heavy atom. The summed E-state index contributed by atoms with van der Waals surface area (Å²) in [4.78, 5) is 6.70. The van der Waals surface area contributed by atoms with Crippen LogP contribution < -0.4 is 20.3 Å². The Morgan fingerprint density at radius 2 is 2.13 bits per heavy atom. The average molecular weight is 560 g/mol. The van der Waals surface area contributed by atoms with Gasteiger partial charge in [0.15, 0.2) is 11.8 Å². The Morgan fingerprint density at radius 1 is 1.26 bits per heavy atom. The lowest BCUT2D eigenvalue weighted by Crippen LogP contribution is -2.44. The first-order chi connectivity index (χ1) is 14.7. The number of aryl methyl sites for hydroxylation is 1. The fourth-order valence-corrected chi connectivity index (χ4v) is 4.40. The van der Waals surface area contributed by atoms with Crippen LogP contribution in [0.5, 0.6) is 5.75 Å². The number of methoxy groups -OCH3 is 1. The highest BCUT2D eigenvalue weighted by atomic mass is 127. The van der Waals surface area contributed by atoms with E-state index in [9.17, 15) is 0 Å². The molecule has 1 aromatic heterocycles. The maximum Gasteiger partial charge on any atom is 0.191 e. The predicted molar refractivity (Wildman–Crippen MR) is 135 cm³/mol. The first kappa shape index (κ1) is 23.9. The molecule has 2 aliphatic heterocycles. The smallest absolute Gasteiger partial charge is 0.191 e. The molecular weight excluding hydrogens is 529 g/mol. The summed E-state index contributed by atoms with van der Waals surface area (Å²) in [5.41, 5.74) is 1.03. The molecule has 0 amide bonds. The average Bonchev–Trinajstić information content (AvgIpc) is 3.31. The Labute approximate surface area is 205 Å². The van der Waals surface area contributed by atoms with Crippen molar-refractivity contribution in [2.75, 3.05) is 32.1 Å². The van der Waals surface area contributed by atoms with Gasteiger partial charge in [-0.15, -0.1) is 34.2 Å². The number of nitrogens with one attached hydrogen (secondary N) is 2. The van der Waals surface area contributed by atoms with Gasteiger partial charge in [0.1, 0.15) is 11.6 Å². The fourth-order valence-electron chi connectivity index (χ4n) is 4.23. The topological polar surface area (TPSA) is 79.6 Å². The minimum absolute atomic E-state index is 0. The number of guanidine groups is 1. The van der Waals surface area contributed by atoms with E-state index in [1.807, 2.05) is 18.2 Å². The first-order valence-electron chi connectivity index (χ1n) is 10.6. The summed E-state index contributed by atoms with van der Waals surface area (Å²) in [5.74, 6) is 3.71. The van der Waals surface area contributed by atoms with Crippen LogP contribution in [-0.2, 0) is 19.5 Å². The number of aliphatic imine (C=N–C) groups is 1. The van der Waals surface area contributed by atoms with Crippen molar-refractivity contribution in [3.05, 3.63) is 34.9 Å². The molecule has 4 rings (SSSR count). The van der Waals surface area contributed by atoms with E-state index in [4.69, 9.17) is 16.3 Å². The van der Waals surface area contributed by atoms with Gasteiger partial charge in [0.05, 0.1) is 19.3 Å². The SMILES string of the molecule is CN=C(NCc1nnc2n1CCCCC2)NC1CCN(c2cc(Cl)ccc2OC)C1.I. The molecule has 0 bridgehead atoms. The monoisotopic (exact) mass is 559 g/mol. The van der Waals surface area contributed by atoms with Gasteiger partial charge in [-0.05, 0) is 37.5 Å². The van der Waals surface area contributed by atoms with E-state index < -0.39 is 0 Å². The summed E-state index contributed by atoms with van der Waals surface area (Å²) in [6.45, 7) is 3.41. The second-order valence-electron chi connectivity index (χ2n) is 7.81. The van der Waals surface area contributed by atoms with E-state index in [0.29, 0.717) is 11.6 Å². The minimum Gasteiger partial charge on any atom is -0.495 e. The zero-order valence-electron chi connectivity index (χ0n) is 18.1. The van der Waals surface area contributed by atoms with Gasteiger partial charge in [0.2, 0.25) is 0 Å². The number of ether oxygens (including phenoxy) is 1. The molecular formula is C21H31ClIN7O. The number of fused-ring (bicyclic) bond motifs is 1. The highest BCUT2D eigenvalue weighted by Crippen LogP contribution is 2.33. The van der Waals surface area contributed by atoms with Gasteiger partial charge in [0.25, 0.3) is 0 Å². The summed E-state index contributed by atoms with van der Waals surface area (Å²) in [6, 6.07) is 6.02. The Hall–Kier alpha value is -1.75. The lowest BCUT2D eigenvalue weighted by Gasteiger charge is -2.22. The second-order valence-corrected chi connectivity index (χ2v) is 8.25. The number of anilines is 1. The van der Waals surface area contributed by atoms with E-state index >= 15 is 0 Å². The summed E-state index contributed by atoms with van der Waals surface area (Å²) in [5, 5.41) is 16.4. The normalized spacial score (nSPS) is 18.7. The van der Waals surface area contributed by atoms with Crippen molar-refractivity contribution in [2.24, 2.45) is 4.99 Å². The van der Waals surface area contributed by atoms with Crippen LogP contribution in [0, 0.1) is 0 Å². The van der Waals surface area contributed by atoms with Crippen molar-refractivity contribution in [3.8, 4) is 5.75 Å². The molecule has 0 radical (unpaired) electrons. The number of aromatic nitrogens is 3. The Bertz CT molecular complexity index is 904. The van der Waals surface area contributed by atoms with Gasteiger partial charge in [-0.3, -0.25) is 4.99 Å². The first-order valence-corrected chi connectivity index (χ1v) is 11.0. The highest BCUT2D eigenvalue weighted by Gasteiger charge is 2.26. The van der Waals surface area contributed by atoms with E-state index in [-0.39, 0.29) is 30.0 Å². The summed E-state index contributed by atoms with van der Waals surface area (Å²) >= 11 is 6.21. The third-order valence-electron chi connectivity index (χ3n) is 5.83. The van der Waals surface area contributed by atoms with Crippen molar-refractivity contribution in [3.63, 3.8) is 0 Å². The van der Waals surface area contributed by atoms with E-state index in [0.717, 1.165) is 61.5 Å². The van der Waals surface area contributed by atoms with E-state index in [1.54, 1.807) is 14.2 Å². The molecule has 3 heterocycles. The van der Waals surface area contributed by atoms with Gasteiger partial charge in [0, 0.05) is 44.2 Å². The molecule has 10 heteroatoms. The zero-order chi connectivity index (χ0) is 20.9. The Balaban J connectivity index is 0.00000272. The number of rotatable bonds is 5. The number of halogens is 2. The third kappa shape index (κ3) is 5.74. The molecule has 2 aliphatic rings. The molecule has 31 heavy (non-hydrogen) atoms. The van der Waals surface area contributed by atoms with Crippen LogP contribution >= 0.6 is 35.6 Å². The lowest BCUT2D eigenvalue weighted by atomic mass is 10.2. The molecule has 8 nitrogen and oxygen atoms in total. The third-order valence-corrected chi connectivity index (χ3v) is 6.07. The fraction of sp³-hybridized carbons (Fsp3) is 0.571. The highest BCUT2D eigenvalue weighted by molar-refractivity contribution is 14.0. The van der Waals surface area contributed by atoms with E-state index in [1.165, 1.54) is 19.3 Å². The van der Waals surface area contributed by atoms with Gasteiger partial charge in [-0.1, -0.05) is 18.0 Å². The van der Waals surface area contributed by atoms with Crippen LogP contribution in [0.2, 0.25) is 5.02 Å². The molecule has 0 saturated carbocycles. The van der Waals surface area contributed by atoms with Crippen LogP contribution in [0.3, 0.4) is 0 Å². The molecule has 1 aromatic carbocycles. The Kier molecular flexibility index (Phi) is 8.65. The molecule has 1 saturated heterocycles. The number of benzene rings is 1. The van der Waals surface area contributed by atoms with Gasteiger partial charge in [-0.2, -0.15) is 0 Å². The lowest BCUT2D eigenvalue weighted by molar-refractivity contribution is 0.415. The minimum atomic E-state index is 0. The van der Waals surface area contributed by atoms with Crippen LogP contribution in [0.25, 0.3) is 0 Å². The number of hydrogen-bond acceptors (Lipinski definition) is 5. The van der Waals surface area contributed by atoms with Crippen LogP contribution in [0.1, 0.15) is 37.3 Å². The zero-order valence-corrected chi connectivity index (χ0v) is 21.2. The molecule has 0 aliphatic carbocycles. The molecule has 1 unspecified atom stereocenters. The maximum absolute atomic E-state index is 6.21. The van der Waals surface area contributed by atoms with Crippen molar-refractivity contribution in [2.45, 2.75) is 51.2 Å². The molecule has 2 N–H and O–H groups in total. The van der Waals surface area contributed by atoms with Crippen molar-refractivity contribution >= 4 is 47.2 Å². The van der Waals surface area contributed by atoms with Crippen LogP contribution in [-0.4, -0.2) is 54.0 Å².